The van der Waals surface area contributed by atoms with E-state index >= 15 is 0 Å². The lowest BCUT2D eigenvalue weighted by Crippen LogP contribution is -2.33. The molecule has 4 heteroatoms. The van der Waals surface area contributed by atoms with Crippen LogP contribution in [0, 0.1) is 5.92 Å². The molecule has 1 aromatic carbocycles. The van der Waals surface area contributed by atoms with Crippen LogP contribution < -0.4 is 10.6 Å². The molecule has 2 rings (SSSR count). The van der Waals surface area contributed by atoms with Crippen LogP contribution in [-0.4, -0.2) is 25.7 Å². The Balaban J connectivity index is 1.90. The lowest BCUT2D eigenvalue weighted by molar-refractivity contribution is -0.119. The largest absolute Gasteiger partial charge is 0.382 e. The average molecular weight is 248 g/mol. The van der Waals surface area contributed by atoms with Crippen molar-refractivity contribution in [2.24, 2.45) is 5.92 Å². The zero-order chi connectivity index (χ0) is 13.0. The molecule has 18 heavy (non-hydrogen) atoms. The Hall–Kier alpha value is -1.55. The standard InChI is InChI=1S/C14H20N2O2/c1-10-6-13(7-10)15-11-4-3-5-12(8-11)16-14(17)9-18-2/h3-5,8,10,13,15H,6-7,9H2,1-2H3,(H,16,17). The maximum Gasteiger partial charge on any atom is 0.250 e. The second kappa shape index (κ2) is 5.87. The molecule has 4 nitrogen and oxygen atoms in total. The fraction of sp³-hybridized carbons (Fsp3) is 0.500. The first-order valence-electron chi connectivity index (χ1n) is 6.32. The molecule has 1 aliphatic carbocycles. The molecular formula is C14H20N2O2. The predicted octanol–water partition coefficient (Wildman–Crippen LogP) is 2.48. The van der Waals surface area contributed by atoms with Crippen LogP contribution in [0.3, 0.4) is 0 Å². The highest BCUT2D eigenvalue weighted by Gasteiger charge is 2.24. The van der Waals surface area contributed by atoms with Crippen molar-refractivity contribution in [3.8, 4) is 0 Å². The van der Waals surface area contributed by atoms with Crippen LogP contribution in [-0.2, 0) is 9.53 Å². The molecule has 0 unspecified atom stereocenters. The second-order valence-electron chi connectivity index (χ2n) is 4.98. The molecule has 0 aromatic heterocycles. The molecule has 1 saturated carbocycles. The van der Waals surface area contributed by atoms with E-state index in [1.165, 1.54) is 20.0 Å². The summed E-state index contributed by atoms with van der Waals surface area (Å²) in [7, 11) is 1.51. The third-order valence-electron chi connectivity index (χ3n) is 3.17. The first-order valence-corrected chi connectivity index (χ1v) is 6.32. The second-order valence-corrected chi connectivity index (χ2v) is 4.98. The third kappa shape index (κ3) is 3.47. The van der Waals surface area contributed by atoms with Crippen molar-refractivity contribution < 1.29 is 9.53 Å². The number of nitrogens with one attached hydrogen (secondary N) is 2. The van der Waals surface area contributed by atoms with E-state index in [2.05, 4.69) is 17.6 Å². The zero-order valence-corrected chi connectivity index (χ0v) is 10.9. The molecule has 1 amide bonds. The van der Waals surface area contributed by atoms with E-state index < -0.39 is 0 Å². The summed E-state index contributed by atoms with van der Waals surface area (Å²) in [6, 6.07) is 8.37. The van der Waals surface area contributed by atoms with Gasteiger partial charge in [0.05, 0.1) is 0 Å². The molecule has 0 spiro atoms. The summed E-state index contributed by atoms with van der Waals surface area (Å²) in [4.78, 5) is 11.4. The fourth-order valence-electron chi connectivity index (χ4n) is 2.27. The van der Waals surface area contributed by atoms with Crippen molar-refractivity contribution in [3.63, 3.8) is 0 Å². The van der Waals surface area contributed by atoms with Gasteiger partial charge >= 0.3 is 0 Å². The molecule has 0 aliphatic heterocycles. The van der Waals surface area contributed by atoms with Gasteiger partial charge in [-0.1, -0.05) is 13.0 Å². The molecule has 98 valence electrons. The van der Waals surface area contributed by atoms with Crippen molar-refractivity contribution in [2.45, 2.75) is 25.8 Å². The number of benzene rings is 1. The summed E-state index contributed by atoms with van der Waals surface area (Å²) >= 11 is 0. The summed E-state index contributed by atoms with van der Waals surface area (Å²) in [6.45, 7) is 2.34. The van der Waals surface area contributed by atoms with Gasteiger partial charge in [0.2, 0.25) is 5.91 Å². The molecule has 2 N–H and O–H groups in total. The minimum absolute atomic E-state index is 0.0811. The molecule has 0 radical (unpaired) electrons. The van der Waals surface area contributed by atoms with Crippen molar-refractivity contribution in [1.82, 2.24) is 0 Å². The van der Waals surface area contributed by atoms with Gasteiger partial charge < -0.3 is 15.4 Å². The Kier molecular flexibility index (Phi) is 4.20. The zero-order valence-electron chi connectivity index (χ0n) is 10.9. The van der Waals surface area contributed by atoms with Gasteiger partial charge in [0, 0.05) is 24.5 Å². The number of hydrogen-bond acceptors (Lipinski definition) is 3. The van der Waals surface area contributed by atoms with Crippen LogP contribution in [0.25, 0.3) is 0 Å². The lowest BCUT2D eigenvalue weighted by Gasteiger charge is -2.34. The maximum atomic E-state index is 11.4. The monoisotopic (exact) mass is 248 g/mol. The lowest BCUT2D eigenvalue weighted by atomic mass is 9.82. The van der Waals surface area contributed by atoms with Crippen LogP contribution in [0.5, 0.6) is 0 Å². The number of carbonyl (C=O) groups is 1. The maximum absolute atomic E-state index is 11.4. The van der Waals surface area contributed by atoms with Gasteiger partial charge in [-0.15, -0.1) is 0 Å². The molecular weight excluding hydrogens is 228 g/mol. The molecule has 1 aliphatic rings. The van der Waals surface area contributed by atoms with Crippen molar-refractivity contribution in [1.29, 1.82) is 0 Å². The van der Waals surface area contributed by atoms with Crippen LogP contribution in [0.15, 0.2) is 24.3 Å². The Labute approximate surface area is 108 Å². The van der Waals surface area contributed by atoms with Crippen molar-refractivity contribution in [3.05, 3.63) is 24.3 Å². The highest BCUT2D eigenvalue weighted by atomic mass is 16.5. The van der Waals surface area contributed by atoms with Gasteiger partial charge in [0.25, 0.3) is 0 Å². The van der Waals surface area contributed by atoms with Gasteiger partial charge in [-0.25, -0.2) is 0 Å². The van der Waals surface area contributed by atoms with Gasteiger partial charge in [0.15, 0.2) is 0 Å². The first-order chi connectivity index (χ1) is 8.67. The first kappa shape index (κ1) is 12.9. The van der Waals surface area contributed by atoms with Crippen LogP contribution in [0.2, 0.25) is 0 Å². The van der Waals surface area contributed by atoms with Crippen LogP contribution >= 0.6 is 0 Å². The highest BCUT2D eigenvalue weighted by Crippen LogP contribution is 2.29. The highest BCUT2D eigenvalue weighted by molar-refractivity contribution is 5.92. The van der Waals surface area contributed by atoms with Crippen LogP contribution in [0.4, 0.5) is 11.4 Å². The molecule has 0 heterocycles. The number of hydrogen-bond donors (Lipinski definition) is 2. The quantitative estimate of drug-likeness (QED) is 0.841. The smallest absolute Gasteiger partial charge is 0.250 e. The number of amides is 1. The molecule has 0 saturated heterocycles. The Morgan fingerprint density at radius 3 is 2.78 bits per heavy atom. The van der Waals surface area contributed by atoms with E-state index in [4.69, 9.17) is 4.74 Å². The molecule has 0 bridgehead atoms. The number of rotatable bonds is 5. The topological polar surface area (TPSA) is 50.4 Å². The summed E-state index contributed by atoms with van der Waals surface area (Å²) in [6.07, 6.45) is 2.44. The van der Waals surface area contributed by atoms with Gasteiger partial charge in [-0.2, -0.15) is 0 Å². The van der Waals surface area contributed by atoms with E-state index in [9.17, 15) is 4.79 Å². The van der Waals surface area contributed by atoms with E-state index in [1.807, 2.05) is 24.3 Å². The Bertz CT molecular complexity index is 414. The molecule has 1 fully saturated rings. The van der Waals surface area contributed by atoms with Gasteiger partial charge in [0.1, 0.15) is 6.61 Å². The molecule has 0 atom stereocenters. The number of ether oxygens (including phenoxy) is 1. The van der Waals surface area contributed by atoms with Crippen molar-refractivity contribution >= 4 is 17.3 Å². The fourth-order valence-corrected chi connectivity index (χ4v) is 2.27. The van der Waals surface area contributed by atoms with Gasteiger partial charge in [-0.05, 0) is 37.0 Å². The summed E-state index contributed by atoms with van der Waals surface area (Å²) in [5.41, 5.74) is 1.86. The number of anilines is 2. The van der Waals surface area contributed by atoms with E-state index in [-0.39, 0.29) is 12.5 Å². The summed E-state index contributed by atoms with van der Waals surface area (Å²) in [5, 5.41) is 6.27. The van der Waals surface area contributed by atoms with Crippen molar-refractivity contribution in [2.75, 3.05) is 24.4 Å². The van der Waals surface area contributed by atoms with E-state index in [0.717, 1.165) is 17.3 Å². The average Bonchev–Trinajstić information content (AvgIpc) is 2.27. The number of carbonyl (C=O) groups excluding carboxylic acids is 1. The Morgan fingerprint density at radius 1 is 1.39 bits per heavy atom. The van der Waals surface area contributed by atoms with Gasteiger partial charge in [-0.3, -0.25) is 4.79 Å². The summed E-state index contributed by atoms with van der Waals surface area (Å²) < 4.78 is 4.78. The molecule has 1 aromatic rings. The number of methoxy groups -OCH3 is 1. The normalized spacial score (nSPS) is 22.1. The minimum atomic E-state index is -0.132. The summed E-state index contributed by atoms with van der Waals surface area (Å²) in [5.74, 6) is 0.694. The SMILES string of the molecule is COCC(=O)Nc1cccc(NC2CC(C)C2)c1. The predicted molar refractivity (Wildman–Crippen MR) is 72.8 cm³/mol. The Morgan fingerprint density at radius 2 is 2.11 bits per heavy atom. The van der Waals surface area contributed by atoms with E-state index in [0.29, 0.717) is 6.04 Å². The third-order valence-corrected chi connectivity index (χ3v) is 3.17. The minimum Gasteiger partial charge on any atom is -0.382 e. The van der Waals surface area contributed by atoms with Crippen LogP contribution in [0.1, 0.15) is 19.8 Å². The van der Waals surface area contributed by atoms with E-state index in [1.54, 1.807) is 0 Å².